The van der Waals surface area contributed by atoms with E-state index in [0.29, 0.717) is 17.2 Å². The van der Waals surface area contributed by atoms with Crippen molar-refractivity contribution in [3.05, 3.63) is 57.6 Å². The number of ether oxygens (including phenoxy) is 2. The number of nitro benzene ring substituents is 1. The van der Waals surface area contributed by atoms with Gasteiger partial charge in [0.05, 0.1) is 24.1 Å². The molecule has 150 valence electrons. The molecule has 8 heteroatoms. The normalized spacial score (nSPS) is 11.0. The lowest BCUT2D eigenvalue weighted by molar-refractivity contribution is -0.385. The molecule has 0 spiro atoms. The van der Waals surface area contributed by atoms with Crippen LogP contribution in [0.15, 0.2) is 36.4 Å². The molecule has 0 saturated heterocycles. The monoisotopic (exact) mass is 388 g/mol. The molecule has 8 nitrogen and oxygen atoms in total. The minimum Gasteiger partial charge on any atom is -0.497 e. The molecule has 0 atom stereocenters. The Kier molecular flexibility index (Phi) is 6.12. The maximum absolute atomic E-state index is 11.6. The van der Waals surface area contributed by atoms with Crippen molar-refractivity contribution in [1.82, 2.24) is 4.90 Å². The van der Waals surface area contributed by atoms with Crippen LogP contribution in [-0.2, 0) is 6.54 Å². The highest BCUT2D eigenvalue weighted by atomic mass is 16.6. The van der Waals surface area contributed by atoms with Crippen LogP contribution in [-0.4, -0.2) is 33.7 Å². The number of aryl methyl sites for hydroxylation is 1. The first kappa shape index (κ1) is 21.0. The Morgan fingerprint density at radius 2 is 1.79 bits per heavy atom. The molecule has 0 fully saturated rings. The number of methoxy groups -OCH3 is 1. The van der Waals surface area contributed by atoms with Crippen LogP contribution < -0.4 is 9.47 Å². The van der Waals surface area contributed by atoms with Gasteiger partial charge in [0, 0.05) is 17.7 Å². The summed E-state index contributed by atoms with van der Waals surface area (Å²) in [5.74, 6) is 1.51. The van der Waals surface area contributed by atoms with Gasteiger partial charge in [-0.3, -0.25) is 15.0 Å². The van der Waals surface area contributed by atoms with Gasteiger partial charge in [-0.1, -0.05) is 0 Å². The third-order valence-corrected chi connectivity index (χ3v) is 4.11. The van der Waals surface area contributed by atoms with Crippen LogP contribution in [0.4, 0.5) is 10.5 Å². The van der Waals surface area contributed by atoms with Gasteiger partial charge < -0.3 is 14.6 Å². The van der Waals surface area contributed by atoms with Gasteiger partial charge in [-0.2, -0.15) is 0 Å². The average Bonchev–Trinajstić information content (AvgIpc) is 2.57. The molecule has 0 aliphatic rings. The summed E-state index contributed by atoms with van der Waals surface area (Å²) < 4.78 is 11.1. The summed E-state index contributed by atoms with van der Waals surface area (Å²) in [6.07, 6.45) is -1.16. The number of carboxylic acid groups (broad SMARTS) is 1. The molecular weight excluding hydrogens is 364 g/mol. The third-order valence-electron chi connectivity index (χ3n) is 4.11. The second-order valence-electron chi connectivity index (χ2n) is 7.38. The number of hydrogen-bond acceptors (Lipinski definition) is 5. The van der Waals surface area contributed by atoms with Crippen LogP contribution in [0.3, 0.4) is 0 Å². The summed E-state index contributed by atoms with van der Waals surface area (Å²) in [5, 5.41) is 20.9. The van der Waals surface area contributed by atoms with Gasteiger partial charge in [0.2, 0.25) is 0 Å². The first-order valence-corrected chi connectivity index (χ1v) is 8.62. The van der Waals surface area contributed by atoms with E-state index in [4.69, 9.17) is 9.47 Å². The molecule has 2 aromatic carbocycles. The Bertz CT molecular complexity index is 889. The molecule has 0 aliphatic carbocycles. The zero-order chi connectivity index (χ0) is 21.1. The Balaban J connectivity index is 2.41. The molecule has 0 radical (unpaired) electrons. The van der Waals surface area contributed by atoms with Gasteiger partial charge in [-0.15, -0.1) is 0 Å². The van der Waals surface area contributed by atoms with Crippen LogP contribution >= 0.6 is 0 Å². The molecule has 0 aromatic heterocycles. The molecule has 2 aromatic rings. The standard InChI is InChI=1S/C20H24N2O6/c1-13-8-16(27-5)11-17(9-13)28-15-6-7-18(22(25)26)14(10-15)12-21(19(23)24)20(2,3)4/h6-11H,12H2,1-5H3,(H,23,24). The van der Waals surface area contributed by atoms with Crippen LogP contribution in [0.5, 0.6) is 17.2 Å². The average molecular weight is 388 g/mol. The van der Waals surface area contributed by atoms with E-state index in [1.807, 2.05) is 19.1 Å². The van der Waals surface area contributed by atoms with Crippen LogP contribution in [0.25, 0.3) is 0 Å². The van der Waals surface area contributed by atoms with E-state index >= 15 is 0 Å². The van der Waals surface area contributed by atoms with Crippen LogP contribution in [0, 0.1) is 17.0 Å². The van der Waals surface area contributed by atoms with E-state index < -0.39 is 16.6 Å². The molecule has 0 bridgehead atoms. The Hall–Kier alpha value is -3.29. The summed E-state index contributed by atoms with van der Waals surface area (Å²) in [5.41, 5.74) is 0.297. The SMILES string of the molecule is COc1cc(C)cc(Oc2ccc([N+](=O)[O-])c(CN(C(=O)O)C(C)(C)C)c2)c1. The number of hydrogen-bond donors (Lipinski definition) is 1. The van der Waals surface area contributed by atoms with Crippen molar-refractivity contribution in [3.8, 4) is 17.2 Å². The molecule has 1 amide bonds. The third kappa shape index (κ3) is 5.12. The zero-order valence-corrected chi connectivity index (χ0v) is 16.6. The fraction of sp³-hybridized carbons (Fsp3) is 0.350. The van der Waals surface area contributed by atoms with Gasteiger partial charge >= 0.3 is 6.09 Å². The lowest BCUT2D eigenvalue weighted by Gasteiger charge is -2.33. The molecule has 0 saturated carbocycles. The number of amides is 1. The minimum absolute atomic E-state index is 0.135. The van der Waals surface area contributed by atoms with Gasteiger partial charge in [0.25, 0.3) is 5.69 Å². The molecular formula is C20H24N2O6. The van der Waals surface area contributed by atoms with Gasteiger partial charge in [-0.05, 0) is 57.5 Å². The van der Waals surface area contributed by atoms with Crippen LogP contribution in [0.1, 0.15) is 31.9 Å². The maximum atomic E-state index is 11.6. The van der Waals surface area contributed by atoms with E-state index in [2.05, 4.69) is 0 Å². The first-order chi connectivity index (χ1) is 13.0. The van der Waals surface area contributed by atoms with E-state index in [-0.39, 0.29) is 17.8 Å². The summed E-state index contributed by atoms with van der Waals surface area (Å²) in [6, 6.07) is 9.66. The van der Waals surface area contributed by atoms with E-state index in [1.54, 1.807) is 33.9 Å². The van der Waals surface area contributed by atoms with E-state index in [9.17, 15) is 20.0 Å². The lowest BCUT2D eigenvalue weighted by Crippen LogP contribution is -2.44. The van der Waals surface area contributed by atoms with Crippen molar-refractivity contribution >= 4 is 11.8 Å². The fourth-order valence-corrected chi connectivity index (χ4v) is 2.72. The molecule has 28 heavy (non-hydrogen) atoms. The van der Waals surface area contributed by atoms with Crippen molar-refractivity contribution in [2.45, 2.75) is 39.8 Å². The molecule has 2 rings (SSSR count). The predicted octanol–water partition coefficient (Wildman–Crippen LogP) is 4.98. The number of rotatable bonds is 6. The summed E-state index contributed by atoms with van der Waals surface area (Å²) in [6.45, 7) is 6.94. The number of carbonyl (C=O) groups is 1. The summed E-state index contributed by atoms with van der Waals surface area (Å²) in [7, 11) is 1.55. The molecule has 1 N–H and O–H groups in total. The van der Waals surface area contributed by atoms with Crippen molar-refractivity contribution < 1.29 is 24.3 Å². The van der Waals surface area contributed by atoms with Gasteiger partial charge in [-0.25, -0.2) is 4.79 Å². The number of nitrogens with zero attached hydrogens (tertiary/aromatic N) is 2. The van der Waals surface area contributed by atoms with Gasteiger partial charge in [0.1, 0.15) is 17.2 Å². The predicted molar refractivity (Wildman–Crippen MR) is 104 cm³/mol. The van der Waals surface area contributed by atoms with Crippen molar-refractivity contribution in [2.75, 3.05) is 7.11 Å². The van der Waals surface area contributed by atoms with Crippen molar-refractivity contribution in [3.63, 3.8) is 0 Å². The van der Waals surface area contributed by atoms with Gasteiger partial charge in [0.15, 0.2) is 0 Å². The minimum atomic E-state index is -1.16. The second-order valence-corrected chi connectivity index (χ2v) is 7.38. The van der Waals surface area contributed by atoms with Crippen LogP contribution in [0.2, 0.25) is 0 Å². The van der Waals surface area contributed by atoms with E-state index in [1.165, 1.54) is 18.2 Å². The number of nitro groups is 1. The summed E-state index contributed by atoms with van der Waals surface area (Å²) in [4.78, 5) is 23.6. The molecule has 0 unspecified atom stereocenters. The summed E-state index contributed by atoms with van der Waals surface area (Å²) >= 11 is 0. The number of benzene rings is 2. The molecule has 0 heterocycles. The Labute approximate surface area is 163 Å². The first-order valence-electron chi connectivity index (χ1n) is 8.62. The lowest BCUT2D eigenvalue weighted by atomic mass is 10.0. The second kappa shape index (κ2) is 8.16. The topological polar surface area (TPSA) is 102 Å². The highest BCUT2D eigenvalue weighted by molar-refractivity contribution is 5.66. The van der Waals surface area contributed by atoms with Crippen molar-refractivity contribution in [1.29, 1.82) is 0 Å². The van der Waals surface area contributed by atoms with Crippen molar-refractivity contribution in [2.24, 2.45) is 0 Å². The molecule has 0 aliphatic heterocycles. The quantitative estimate of drug-likeness (QED) is 0.553. The Morgan fingerprint density at radius 3 is 2.32 bits per heavy atom. The highest BCUT2D eigenvalue weighted by Crippen LogP contribution is 2.32. The van der Waals surface area contributed by atoms with E-state index in [0.717, 1.165) is 10.5 Å². The fourth-order valence-electron chi connectivity index (χ4n) is 2.72. The maximum Gasteiger partial charge on any atom is 0.408 e. The largest absolute Gasteiger partial charge is 0.497 e. The zero-order valence-electron chi connectivity index (χ0n) is 16.6. The Morgan fingerprint density at radius 1 is 1.14 bits per heavy atom. The highest BCUT2D eigenvalue weighted by Gasteiger charge is 2.29. The smallest absolute Gasteiger partial charge is 0.408 e.